The van der Waals surface area contributed by atoms with Crippen molar-refractivity contribution >= 4 is 5.97 Å². The van der Waals surface area contributed by atoms with Crippen LogP contribution in [-0.4, -0.2) is 5.97 Å². The van der Waals surface area contributed by atoms with Crippen molar-refractivity contribution in [3.05, 3.63) is 48.3 Å². The molecule has 4 heteroatoms. The fourth-order valence-corrected chi connectivity index (χ4v) is 0.988. The lowest BCUT2D eigenvalue weighted by Crippen LogP contribution is -2.03. The van der Waals surface area contributed by atoms with E-state index in [1.54, 1.807) is 12.1 Å². The molecule has 0 fully saturated rings. The van der Waals surface area contributed by atoms with Crippen LogP contribution in [0.2, 0.25) is 0 Å². The maximum Gasteiger partial charge on any atom is 0.341 e. The van der Waals surface area contributed by atoms with Gasteiger partial charge in [-0.3, -0.25) is 0 Å². The number of carbonyl (C=O) groups excluding carboxylic acids is 1. The van der Waals surface area contributed by atoms with Crippen LogP contribution in [0, 0.1) is 0 Å². The van der Waals surface area contributed by atoms with Crippen molar-refractivity contribution in [3.8, 4) is 0 Å². The van der Waals surface area contributed by atoms with Gasteiger partial charge >= 0.3 is 5.97 Å². The Labute approximate surface area is 80.1 Å². The number of rotatable bonds is 3. The number of hydrogen-bond donors (Lipinski definition) is 0. The Morgan fingerprint density at radius 1 is 1.21 bits per heavy atom. The molecule has 0 aliphatic heterocycles. The Morgan fingerprint density at radius 2 is 2.00 bits per heavy atom. The quantitative estimate of drug-likeness (QED) is 0.699. The van der Waals surface area contributed by atoms with Crippen LogP contribution in [0.1, 0.15) is 15.9 Å². The summed E-state index contributed by atoms with van der Waals surface area (Å²) in [5.74, 6) is -0.403. The molecule has 2 aromatic rings. The highest BCUT2D eigenvalue weighted by molar-refractivity contribution is 5.88. The van der Waals surface area contributed by atoms with E-state index in [4.69, 9.17) is 13.6 Å². The lowest BCUT2D eigenvalue weighted by Gasteiger charge is -1.99. The van der Waals surface area contributed by atoms with E-state index in [-0.39, 0.29) is 6.61 Å². The number of esters is 1. The maximum absolute atomic E-state index is 11.3. The number of carbonyl (C=O) groups is 1. The molecule has 4 nitrogen and oxygen atoms in total. The van der Waals surface area contributed by atoms with E-state index >= 15 is 0 Å². The molecular weight excluding hydrogens is 184 g/mol. The Balaban J connectivity index is 1.90. The topological polar surface area (TPSA) is 52.6 Å². The smallest absolute Gasteiger partial charge is 0.341 e. The first-order valence-corrected chi connectivity index (χ1v) is 4.06. The highest BCUT2D eigenvalue weighted by atomic mass is 16.5. The van der Waals surface area contributed by atoms with E-state index in [1.807, 2.05) is 0 Å². The first kappa shape index (κ1) is 8.62. The molecule has 0 amide bonds. The molecule has 0 spiro atoms. The number of furan rings is 2. The highest BCUT2D eigenvalue weighted by Crippen LogP contribution is 2.06. The molecule has 0 bridgehead atoms. The Hall–Kier alpha value is -1.97. The van der Waals surface area contributed by atoms with Crippen molar-refractivity contribution < 1.29 is 18.4 Å². The van der Waals surface area contributed by atoms with E-state index in [0.29, 0.717) is 5.56 Å². The molecule has 2 heterocycles. The molecule has 14 heavy (non-hydrogen) atoms. The molecule has 0 N–H and O–H groups in total. The SMILES string of the molecule is O=C(OCc1ccoc1)c1ccoc1. The van der Waals surface area contributed by atoms with Gasteiger partial charge in [0.25, 0.3) is 0 Å². The van der Waals surface area contributed by atoms with Crippen LogP contribution in [0.5, 0.6) is 0 Å². The Morgan fingerprint density at radius 3 is 2.64 bits per heavy atom. The second-order valence-corrected chi connectivity index (χ2v) is 2.72. The summed E-state index contributed by atoms with van der Waals surface area (Å²) >= 11 is 0. The van der Waals surface area contributed by atoms with E-state index in [9.17, 15) is 4.79 Å². The van der Waals surface area contributed by atoms with Crippen LogP contribution in [0.3, 0.4) is 0 Å². The van der Waals surface area contributed by atoms with Crippen molar-refractivity contribution in [1.82, 2.24) is 0 Å². The van der Waals surface area contributed by atoms with Crippen LogP contribution in [-0.2, 0) is 11.3 Å². The summed E-state index contributed by atoms with van der Waals surface area (Å²) in [7, 11) is 0. The van der Waals surface area contributed by atoms with Gasteiger partial charge < -0.3 is 13.6 Å². The molecule has 0 unspecified atom stereocenters. The molecule has 2 rings (SSSR count). The minimum atomic E-state index is -0.403. The summed E-state index contributed by atoms with van der Waals surface area (Å²) in [6.07, 6.45) is 5.83. The molecular formula is C10H8O4. The number of hydrogen-bond acceptors (Lipinski definition) is 4. The Bertz CT molecular complexity index is 386. The fraction of sp³-hybridized carbons (Fsp3) is 0.100. The van der Waals surface area contributed by atoms with Crippen molar-refractivity contribution in [2.75, 3.05) is 0 Å². The molecule has 0 saturated carbocycles. The van der Waals surface area contributed by atoms with Crippen LogP contribution in [0.4, 0.5) is 0 Å². The van der Waals surface area contributed by atoms with Crippen molar-refractivity contribution in [3.63, 3.8) is 0 Å². The largest absolute Gasteiger partial charge is 0.472 e. The van der Waals surface area contributed by atoms with Gasteiger partial charge in [-0.15, -0.1) is 0 Å². The predicted octanol–water partition coefficient (Wildman–Crippen LogP) is 2.23. The van der Waals surface area contributed by atoms with Crippen LogP contribution >= 0.6 is 0 Å². The second-order valence-electron chi connectivity index (χ2n) is 2.72. The summed E-state index contributed by atoms with van der Waals surface area (Å²) in [6, 6.07) is 3.29. The molecule has 2 aromatic heterocycles. The number of ether oxygens (including phenoxy) is 1. The van der Waals surface area contributed by atoms with Crippen molar-refractivity contribution in [2.24, 2.45) is 0 Å². The first-order chi connectivity index (χ1) is 6.86. The molecule has 0 aromatic carbocycles. The van der Waals surface area contributed by atoms with E-state index < -0.39 is 5.97 Å². The van der Waals surface area contributed by atoms with Crippen molar-refractivity contribution in [2.45, 2.75) is 6.61 Å². The minimum Gasteiger partial charge on any atom is -0.472 e. The van der Waals surface area contributed by atoms with Crippen molar-refractivity contribution in [1.29, 1.82) is 0 Å². The average molecular weight is 192 g/mol. The van der Waals surface area contributed by atoms with Gasteiger partial charge in [-0.25, -0.2) is 4.79 Å². The molecule has 72 valence electrons. The summed E-state index contributed by atoms with van der Waals surface area (Å²) in [5.41, 5.74) is 1.23. The van der Waals surface area contributed by atoms with Gasteiger partial charge in [0.1, 0.15) is 12.9 Å². The Kier molecular flexibility index (Phi) is 2.36. The maximum atomic E-state index is 11.3. The first-order valence-electron chi connectivity index (χ1n) is 4.06. The highest BCUT2D eigenvalue weighted by Gasteiger charge is 2.08. The molecule has 0 aliphatic rings. The average Bonchev–Trinajstić information content (AvgIpc) is 2.87. The van der Waals surface area contributed by atoms with E-state index in [2.05, 4.69) is 0 Å². The standard InChI is InChI=1S/C10H8O4/c11-10(9-2-4-13-7-9)14-6-8-1-3-12-5-8/h1-5,7H,6H2. The van der Waals surface area contributed by atoms with Gasteiger partial charge in [-0.1, -0.05) is 0 Å². The second kappa shape index (κ2) is 3.83. The van der Waals surface area contributed by atoms with E-state index in [1.165, 1.54) is 25.1 Å². The minimum absolute atomic E-state index is 0.209. The monoisotopic (exact) mass is 192 g/mol. The van der Waals surface area contributed by atoms with Gasteiger partial charge in [-0.05, 0) is 12.1 Å². The molecule has 0 radical (unpaired) electrons. The third-order valence-electron chi connectivity index (χ3n) is 1.71. The van der Waals surface area contributed by atoms with Crippen LogP contribution in [0.25, 0.3) is 0 Å². The van der Waals surface area contributed by atoms with Crippen LogP contribution in [0.15, 0.2) is 46.0 Å². The van der Waals surface area contributed by atoms with E-state index in [0.717, 1.165) is 5.56 Å². The molecule has 0 aliphatic carbocycles. The third kappa shape index (κ3) is 1.85. The lowest BCUT2D eigenvalue weighted by atomic mass is 10.3. The van der Waals surface area contributed by atoms with Gasteiger partial charge in [0, 0.05) is 5.56 Å². The van der Waals surface area contributed by atoms with Gasteiger partial charge in [-0.2, -0.15) is 0 Å². The summed E-state index contributed by atoms with van der Waals surface area (Å²) < 4.78 is 14.6. The predicted molar refractivity (Wildman–Crippen MR) is 46.5 cm³/mol. The van der Waals surface area contributed by atoms with Gasteiger partial charge in [0.15, 0.2) is 0 Å². The zero-order valence-electron chi connectivity index (χ0n) is 7.30. The zero-order valence-corrected chi connectivity index (χ0v) is 7.30. The molecule has 0 atom stereocenters. The van der Waals surface area contributed by atoms with Crippen LogP contribution < -0.4 is 0 Å². The van der Waals surface area contributed by atoms with Gasteiger partial charge in [0.05, 0.1) is 24.4 Å². The zero-order chi connectivity index (χ0) is 9.80. The summed E-state index contributed by atoms with van der Waals surface area (Å²) in [5, 5.41) is 0. The fourth-order valence-electron chi connectivity index (χ4n) is 0.988. The third-order valence-corrected chi connectivity index (χ3v) is 1.71. The molecule has 0 saturated heterocycles. The van der Waals surface area contributed by atoms with Gasteiger partial charge in [0.2, 0.25) is 0 Å². The normalized spacial score (nSPS) is 10.0. The lowest BCUT2D eigenvalue weighted by molar-refractivity contribution is 0.0471. The summed E-state index contributed by atoms with van der Waals surface area (Å²) in [6.45, 7) is 0.209. The summed E-state index contributed by atoms with van der Waals surface area (Å²) in [4.78, 5) is 11.3.